The lowest BCUT2D eigenvalue weighted by Crippen LogP contribution is -2.11. The molecule has 1 aromatic carbocycles. The summed E-state index contributed by atoms with van der Waals surface area (Å²) in [5, 5.41) is 9.88. The third-order valence-electron chi connectivity index (χ3n) is 3.71. The zero-order valence-electron chi connectivity index (χ0n) is 11.8. The number of hydrogen-bond acceptors (Lipinski definition) is 4. The van der Waals surface area contributed by atoms with E-state index in [2.05, 4.69) is 20.2 Å². The summed E-state index contributed by atoms with van der Waals surface area (Å²) in [6.07, 6.45) is 3.50. The molecule has 0 saturated carbocycles. The highest BCUT2D eigenvalue weighted by molar-refractivity contribution is 5.90. The Labute approximate surface area is 121 Å². The second kappa shape index (κ2) is 4.37. The topological polar surface area (TPSA) is 60.9 Å². The second-order valence-corrected chi connectivity index (χ2v) is 5.09. The first-order valence-electron chi connectivity index (χ1n) is 6.84. The molecule has 3 heterocycles. The van der Waals surface area contributed by atoms with Gasteiger partial charge >= 0.3 is 0 Å². The highest BCUT2D eigenvalue weighted by Gasteiger charge is 2.17. The summed E-state index contributed by atoms with van der Waals surface area (Å²) in [6, 6.07) is 9.91. The minimum absolute atomic E-state index is 0.0151. The lowest BCUT2D eigenvalue weighted by atomic mass is 10.2. The maximum absolute atomic E-state index is 4.69. The molecule has 4 rings (SSSR count). The van der Waals surface area contributed by atoms with Crippen molar-refractivity contribution in [2.24, 2.45) is 0 Å². The highest BCUT2D eigenvalue weighted by atomic mass is 15.4. The smallest absolute Gasteiger partial charge is 0.176 e. The number of nitrogens with zero attached hydrogens (tertiary/aromatic N) is 6. The summed E-state index contributed by atoms with van der Waals surface area (Å²) < 4.78 is 3.65. The number of aryl methyl sites for hydroxylation is 1. The van der Waals surface area contributed by atoms with Gasteiger partial charge in [-0.2, -0.15) is 5.10 Å². The molecule has 4 aromatic rings. The average Bonchev–Trinajstić information content (AvgIpc) is 3.12. The van der Waals surface area contributed by atoms with Crippen LogP contribution in [0.5, 0.6) is 0 Å². The predicted octanol–water partition coefficient (Wildman–Crippen LogP) is 2.39. The molecule has 0 aliphatic rings. The fourth-order valence-electron chi connectivity index (χ4n) is 2.57. The van der Waals surface area contributed by atoms with Gasteiger partial charge in [0.2, 0.25) is 0 Å². The molecular weight excluding hydrogens is 264 g/mol. The van der Waals surface area contributed by atoms with Crippen LogP contribution in [0.1, 0.15) is 24.5 Å². The molecule has 0 radical (unpaired) electrons. The molecule has 0 spiro atoms. The summed E-state index contributed by atoms with van der Waals surface area (Å²) in [6.45, 7) is 4.07. The SMILES string of the molecule is Cc1ccnn1[C@H](C)c1nc2c3ccccc3ncn2n1. The molecular formula is C15H14N6. The third kappa shape index (κ3) is 1.79. The maximum Gasteiger partial charge on any atom is 0.176 e. The summed E-state index contributed by atoms with van der Waals surface area (Å²) in [5.41, 5.74) is 2.84. The van der Waals surface area contributed by atoms with E-state index in [0.29, 0.717) is 0 Å². The van der Waals surface area contributed by atoms with Crippen molar-refractivity contribution in [1.82, 2.24) is 29.4 Å². The van der Waals surface area contributed by atoms with Gasteiger partial charge in [-0.05, 0) is 32.0 Å². The van der Waals surface area contributed by atoms with Gasteiger partial charge in [0, 0.05) is 17.3 Å². The molecule has 0 saturated heterocycles. The van der Waals surface area contributed by atoms with E-state index in [1.165, 1.54) is 0 Å². The molecule has 3 aromatic heterocycles. The summed E-state index contributed by atoms with van der Waals surface area (Å²) in [4.78, 5) is 9.09. The van der Waals surface area contributed by atoms with Gasteiger partial charge in [-0.15, -0.1) is 5.10 Å². The zero-order chi connectivity index (χ0) is 14.4. The van der Waals surface area contributed by atoms with Gasteiger partial charge in [-0.25, -0.2) is 14.5 Å². The molecule has 0 bridgehead atoms. The van der Waals surface area contributed by atoms with Crippen LogP contribution in [0.4, 0.5) is 0 Å². The van der Waals surface area contributed by atoms with Gasteiger partial charge in [0.15, 0.2) is 11.5 Å². The average molecular weight is 278 g/mol. The first-order valence-corrected chi connectivity index (χ1v) is 6.84. The van der Waals surface area contributed by atoms with Gasteiger partial charge in [0.05, 0.1) is 5.52 Å². The van der Waals surface area contributed by atoms with E-state index in [9.17, 15) is 0 Å². The van der Waals surface area contributed by atoms with Crippen LogP contribution < -0.4 is 0 Å². The summed E-state index contributed by atoms with van der Waals surface area (Å²) >= 11 is 0. The van der Waals surface area contributed by atoms with Crippen LogP contribution in [0.25, 0.3) is 16.6 Å². The van der Waals surface area contributed by atoms with Crippen molar-refractivity contribution in [3.05, 3.63) is 54.4 Å². The van der Waals surface area contributed by atoms with E-state index < -0.39 is 0 Å². The van der Waals surface area contributed by atoms with E-state index in [1.807, 2.05) is 48.9 Å². The summed E-state index contributed by atoms with van der Waals surface area (Å²) in [7, 11) is 0. The van der Waals surface area contributed by atoms with Crippen molar-refractivity contribution in [3.8, 4) is 0 Å². The molecule has 0 aliphatic carbocycles. The van der Waals surface area contributed by atoms with Gasteiger partial charge in [-0.1, -0.05) is 12.1 Å². The zero-order valence-corrected chi connectivity index (χ0v) is 11.8. The normalized spacial score (nSPS) is 13.0. The Balaban J connectivity index is 1.91. The van der Waals surface area contributed by atoms with E-state index >= 15 is 0 Å². The minimum Gasteiger partial charge on any atom is -0.259 e. The Morgan fingerprint density at radius 1 is 1.14 bits per heavy atom. The number of fused-ring (bicyclic) bond motifs is 3. The van der Waals surface area contributed by atoms with E-state index in [1.54, 1.807) is 17.0 Å². The first-order chi connectivity index (χ1) is 10.2. The van der Waals surface area contributed by atoms with Crippen LogP contribution in [0, 0.1) is 6.92 Å². The van der Waals surface area contributed by atoms with E-state index in [0.717, 1.165) is 28.1 Å². The van der Waals surface area contributed by atoms with E-state index in [4.69, 9.17) is 0 Å². The Morgan fingerprint density at radius 3 is 2.81 bits per heavy atom. The lowest BCUT2D eigenvalue weighted by molar-refractivity contribution is 0.523. The van der Waals surface area contributed by atoms with Crippen LogP contribution in [0.3, 0.4) is 0 Å². The fourth-order valence-corrected chi connectivity index (χ4v) is 2.57. The number of para-hydroxylation sites is 1. The second-order valence-electron chi connectivity index (χ2n) is 5.09. The molecule has 0 fully saturated rings. The molecule has 6 heteroatoms. The van der Waals surface area contributed by atoms with Crippen LogP contribution in [-0.2, 0) is 0 Å². The van der Waals surface area contributed by atoms with Crippen molar-refractivity contribution in [2.75, 3.05) is 0 Å². The van der Waals surface area contributed by atoms with Gasteiger partial charge in [0.1, 0.15) is 12.4 Å². The predicted molar refractivity (Wildman–Crippen MR) is 79.1 cm³/mol. The van der Waals surface area contributed by atoms with Crippen molar-refractivity contribution in [2.45, 2.75) is 19.9 Å². The van der Waals surface area contributed by atoms with Crippen LogP contribution in [0.2, 0.25) is 0 Å². The molecule has 6 nitrogen and oxygen atoms in total. The van der Waals surface area contributed by atoms with Crippen molar-refractivity contribution in [1.29, 1.82) is 0 Å². The number of benzene rings is 1. The van der Waals surface area contributed by atoms with Crippen LogP contribution in [-0.4, -0.2) is 29.4 Å². The van der Waals surface area contributed by atoms with Crippen molar-refractivity contribution < 1.29 is 0 Å². The Morgan fingerprint density at radius 2 is 2.00 bits per heavy atom. The monoisotopic (exact) mass is 278 g/mol. The highest BCUT2D eigenvalue weighted by Crippen LogP contribution is 2.20. The van der Waals surface area contributed by atoms with Gasteiger partial charge < -0.3 is 0 Å². The van der Waals surface area contributed by atoms with E-state index in [-0.39, 0.29) is 6.04 Å². The van der Waals surface area contributed by atoms with Gasteiger partial charge in [-0.3, -0.25) is 4.68 Å². The lowest BCUT2D eigenvalue weighted by Gasteiger charge is -2.09. The van der Waals surface area contributed by atoms with Crippen molar-refractivity contribution >= 4 is 16.6 Å². The molecule has 0 amide bonds. The largest absolute Gasteiger partial charge is 0.259 e. The minimum atomic E-state index is -0.0151. The molecule has 0 unspecified atom stereocenters. The van der Waals surface area contributed by atoms with Crippen LogP contribution >= 0.6 is 0 Å². The molecule has 1 atom stereocenters. The Kier molecular flexibility index (Phi) is 2.50. The first kappa shape index (κ1) is 12.0. The fraction of sp³-hybridized carbons (Fsp3) is 0.200. The quantitative estimate of drug-likeness (QED) is 0.565. The van der Waals surface area contributed by atoms with Crippen LogP contribution in [0.15, 0.2) is 42.9 Å². The standard InChI is InChI=1S/C15H14N6/c1-10-7-8-17-21(10)11(2)14-18-15-12-5-3-4-6-13(12)16-9-20(15)19-14/h3-9,11H,1-2H3/t11-/m1/s1. The Bertz CT molecular complexity index is 936. The third-order valence-corrected chi connectivity index (χ3v) is 3.71. The number of aromatic nitrogens is 6. The number of rotatable bonds is 2. The molecule has 104 valence electrons. The number of hydrogen-bond donors (Lipinski definition) is 0. The maximum atomic E-state index is 4.69. The summed E-state index contributed by atoms with van der Waals surface area (Å²) in [5.74, 6) is 0.736. The molecule has 21 heavy (non-hydrogen) atoms. The van der Waals surface area contributed by atoms with Gasteiger partial charge in [0.25, 0.3) is 0 Å². The molecule has 0 aliphatic heterocycles. The molecule has 0 N–H and O–H groups in total. The Hall–Kier alpha value is -2.76. The van der Waals surface area contributed by atoms with Crippen molar-refractivity contribution in [3.63, 3.8) is 0 Å².